The lowest BCUT2D eigenvalue weighted by Gasteiger charge is -2.42. The average molecular weight is 453 g/mol. The Morgan fingerprint density at radius 3 is 1.73 bits per heavy atom. The molecule has 0 aromatic heterocycles. The van der Waals surface area contributed by atoms with Crippen LogP contribution in [0.25, 0.3) is 0 Å². The summed E-state index contributed by atoms with van der Waals surface area (Å²) in [5.74, 6) is 0.525. The van der Waals surface area contributed by atoms with Gasteiger partial charge >= 0.3 is 0 Å². The van der Waals surface area contributed by atoms with E-state index in [-0.39, 0.29) is 33.4 Å². The number of ketones is 1. The van der Waals surface area contributed by atoms with Gasteiger partial charge in [-0.05, 0) is 75.9 Å². The molecule has 0 spiro atoms. The quantitative estimate of drug-likeness (QED) is 0.462. The summed E-state index contributed by atoms with van der Waals surface area (Å²) in [7, 11) is 0. The van der Waals surface area contributed by atoms with Crippen LogP contribution >= 0.6 is 0 Å². The average Bonchev–Trinajstić information content (AvgIpc) is 2.67. The van der Waals surface area contributed by atoms with Crippen molar-refractivity contribution in [1.29, 1.82) is 0 Å². The van der Waals surface area contributed by atoms with Crippen molar-refractivity contribution in [3.63, 3.8) is 0 Å². The molecule has 2 heteroatoms. The van der Waals surface area contributed by atoms with Crippen molar-refractivity contribution in [3.05, 3.63) is 57.4 Å². The van der Waals surface area contributed by atoms with Gasteiger partial charge in [0.2, 0.25) is 0 Å². The van der Waals surface area contributed by atoms with Gasteiger partial charge in [-0.15, -0.1) is 0 Å². The number of aliphatic hydroxyl groups is 1. The first-order valence-corrected chi connectivity index (χ1v) is 12.6. The van der Waals surface area contributed by atoms with E-state index in [9.17, 15) is 9.90 Å². The summed E-state index contributed by atoms with van der Waals surface area (Å²) in [6, 6.07) is 0. The van der Waals surface area contributed by atoms with Gasteiger partial charge in [-0.2, -0.15) is 0 Å². The largest absolute Gasteiger partial charge is 0.511 e. The Kier molecular flexibility index (Phi) is 7.27. The van der Waals surface area contributed by atoms with Gasteiger partial charge in [0.25, 0.3) is 0 Å². The van der Waals surface area contributed by atoms with Gasteiger partial charge in [0, 0.05) is 17.1 Å². The maximum Gasteiger partial charge on any atom is 0.186 e. The number of allylic oxidation sites excluding steroid dienone is 9. The first-order valence-electron chi connectivity index (χ1n) is 12.6. The molecule has 0 saturated heterocycles. The molecule has 0 amide bonds. The molecule has 0 aromatic rings. The van der Waals surface area contributed by atoms with Crippen molar-refractivity contribution in [2.75, 3.05) is 0 Å². The number of aliphatic hydroxyl groups excluding tert-OH is 1. The minimum absolute atomic E-state index is 0.121. The normalized spacial score (nSPS) is 23.5. The topological polar surface area (TPSA) is 37.3 Å². The Hall–Kier alpha value is -1.83. The second kappa shape index (κ2) is 8.75. The highest BCUT2D eigenvalue weighted by atomic mass is 16.3. The number of hydrogen-bond acceptors (Lipinski definition) is 2. The van der Waals surface area contributed by atoms with E-state index >= 15 is 0 Å². The Balaban J connectivity index is 3.01. The summed E-state index contributed by atoms with van der Waals surface area (Å²) in [6.45, 7) is 28.2. The monoisotopic (exact) mass is 452 g/mol. The van der Waals surface area contributed by atoms with Gasteiger partial charge in [0.15, 0.2) is 5.78 Å². The molecule has 2 aliphatic rings. The smallest absolute Gasteiger partial charge is 0.186 e. The van der Waals surface area contributed by atoms with Crippen LogP contribution in [0, 0.1) is 27.6 Å². The number of carbonyl (C=O) groups excluding carboxylic acids is 1. The zero-order valence-electron chi connectivity index (χ0n) is 23.6. The SMILES string of the molecule is CCC(C)(C)C1=CC(=C2C(C)=CC(C(C)(C)C)=C(O)C2C(C)(C)CC)C=C(C(C)(C)C)C1=O. The molecular weight excluding hydrogens is 404 g/mol. The van der Waals surface area contributed by atoms with Crippen LogP contribution in [0.5, 0.6) is 0 Å². The summed E-state index contributed by atoms with van der Waals surface area (Å²) in [5.41, 5.74) is 5.41. The number of rotatable bonds is 4. The van der Waals surface area contributed by atoms with Gasteiger partial charge in [-0.1, -0.05) is 89.2 Å². The fourth-order valence-corrected chi connectivity index (χ4v) is 4.88. The molecule has 2 aliphatic carbocycles. The summed E-state index contributed by atoms with van der Waals surface area (Å²) in [6.07, 6.45) is 8.23. The first-order chi connectivity index (χ1) is 14.8. The van der Waals surface area contributed by atoms with Gasteiger partial charge in [-0.25, -0.2) is 0 Å². The van der Waals surface area contributed by atoms with E-state index in [1.165, 1.54) is 5.57 Å². The van der Waals surface area contributed by atoms with E-state index in [0.29, 0.717) is 5.76 Å². The van der Waals surface area contributed by atoms with E-state index in [0.717, 1.165) is 40.7 Å². The second-order valence-electron chi connectivity index (χ2n) is 13.5. The van der Waals surface area contributed by atoms with Crippen molar-refractivity contribution in [1.82, 2.24) is 0 Å². The molecule has 0 aromatic carbocycles. The minimum Gasteiger partial charge on any atom is -0.511 e. The van der Waals surface area contributed by atoms with E-state index in [1.54, 1.807) is 0 Å². The molecule has 2 rings (SSSR count). The summed E-state index contributed by atoms with van der Waals surface area (Å²) < 4.78 is 0. The predicted molar refractivity (Wildman–Crippen MR) is 142 cm³/mol. The van der Waals surface area contributed by atoms with Crippen LogP contribution < -0.4 is 0 Å². The molecular formula is C31H48O2. The zero-order valence-corrected chi connectivity index (χ0v) is 23.6. The first kappa shape index (κ1) is 27.4. The Bertz CT molecular complexity index is 973. The Morgan fingerprint density at radius 2 is 1.30 bits per heavy atom. The van der Waals surface area contributed by atoms with Crippen LogP contribution in [0.15, 0.2) is 57.4 Å². The van der Waals surface area contributed by atoms with Crippen LogP contribution in [0.2, 0.25) is 0 Å². The number of Topliss-reactive ketones (excluding diaryl/α,β-unsaturated/α-hetero) is 1. The predicted octanol–water partition coefficient (Wildman–Crippen LogP) is 9.07. The Morgan fingerprint density at radius 1 is 0.788 bits per heavy atom. The molecule has 1 unspecified atom stereocenters. The second-order valence-corrected chi connectivity index (χ2v) is 13.5. The Labute approximate surface area is 203 Å². The van der Waals surface area contributed by atoms with Gasteiger partial charge in [0.05, 0.1) is 0 Å². The van der Waals surface area contributed by atoms with Crippen molar-refractivity contribution >= 4 is 5.78 Å². The molecule has 0 aliphatic heterocycles. The third kappa shape index (κ3) is 5.15. The van der Waals surface area contributed by atoms with Crippen LogP contribution in [0.4, 0.5) is 0 Å². The molecule has 1 atom stereocenters. The van der Waals surface area contributed by atoms with Crippen molar-refractivity contribution in [2.24, 2.45) is 27.6 Å². The van der Waals surface area contributed by atoms with Crippen LogP contribution in [-0.2, 0) is 4.79 Å². The van der Waals surface area contributed by atoms with Crippen LogP contribution in [0.1, 0.15) is 103 Å². The van der Waals surface area contributed by atoms with Crippen molar-refractivity contribution in [2.45, 2.75) is 103 Å². The lowest BCUT2D eigenvalue weighted by molar-refractivity contribution is -0.114. The highest BCUT2D eigenvalue weighted by molar-refractivity contribution is 6.12. The fraction of sp³-hybridized carbons (Fsp3) is 0.645. The fourth-order valence-electron chi connectivity index (χ4n) is 4.88. The highest BCUT2D eigenvalue weighted by Crippen LogP contribution is 2.51. The lowest BCUT2D eigenvalue weighted by atomic mass is 9.63. The van der Waals surface area contributed by atoms with Crippen molar-refractivity contribution < 1.29 is 9.90 Å². The molecule has 0 heterocycles. The third-order valence-corrected chi connectivity index (χ3v) is 7.95. The van der Waals surface area contributed by atoms with Crippen LogP contribution in [0.3, 0.4) is 0 Å². The standard InChI is InChI=1S/C31H48O2/c1-14-30(10,11)23-18-20(17-22(26(23)32)29(7,8)9)24-19(3)16-21(28(4,5)6)27(33)25(24)31(12,13)15-2/h16-18,25,33H,14-15H2,1-13H3. The summed E-state index contributed by atoms with van der Waals surface area (Å²) in [4.78, 5) is 13.6. The maximum absolute atomic E-state index is 13.6. The summed E-state index contributed by atoms with van der Waals surface area (Å²) >= 11 is 0. The molecule has 184 valence electrons. The molecule has 33 heavy (non-hydrogen) atoms. The van der Waals surface area contributed by atoms with Gasteiger partial charge < -0.3 is 5.11 Å². The van der Waals surface area contributed by atoms with E-state index in [4.69, 9.17) is 0 Å². The number of hydrogen-bond donors (Lipinski definition) is 1. The molecule has 0 radical (unpaired) electrons. The molecule has 2 nitrogen and oxygen atoms in total. The zero-order chi connectivity index (χ0) is 25.7. The minimum atomic E-state index is -0.261. The van der Waals surface area contributed by atoms with Crippen molar-refractivity contribution in [3.8, 4) is 0 Å². The molecule has 0 bridgehead atoms. The maximum atomic E-state index is 13.6. The van der Waals surface area contributed by atoms with Crippen LogP contribution in [-0.4, -0.2) is 10.9 Å². The van der Waals surface area contributed by atoms with E-state index in [2.05, 4.69) is 108 Å². The molecule has 1 N–H and O–H groups in total. The van der Waals surface area contributed by atoms with E-state index in [1.807, 2.05) is 0 Å². The number of carbonyl (C=O) groups is 1. The lowest BCUT2D eigenvalue weighted by Crippen LogP contribution is -2.34. The molecule has 0 fully saturated rings. The van der Waals surface area contributed by atoms with Gasteiger partial charge in [0.1, 0.15) is 5.76 Å². The van der Waals surface area contributed by atoms with Gasteiger partial charge in [-0.3, -0.25) is 4.79 Å². The van der Waals surface area contributed by atoms with E-state index < -0.39 is 0 Å². The molecule has 0 saturated carbocycles. The summed E-state index contributed by atoms with van der Waals surface area (Å²) in [5, 5.41) is 11.7. The third-order valence-electron chi connectivity index (χ3n) is 7.95. The highest BCUT2D eigenvalue weighted by Gasteiger charge is 2.42.